The van der Waals surface area contributed by atoms with E-state index in [9.17, 15) is 8.78 Å². The average Bonchev–Trinajstić information content (AvgIpc) is 2.81. The van der Waals surface area contributed by atoms with Gasteiger partial charge in [-0.1, -0.05) is 0 Å². The van der Waals surface area contributed by atoms with Gasteiger partial charge in [0.1, 0.15) is 0 Å². The molecule has 0 radical (unpaired) electrons. The second-order valence-electron chi connectivity index (χ2n) is 5.28. The Kier molecular flexibility index (Phi) is 4.73. The summed E-state index contributed by atoms with van der Waals surface area (Å²) in [6, 6.07) is 2.34. The molecule has 0 amide bonds. The van der Waals surface area contributed by atoms with Gasteiger partial charge in [-0.15, -0.1) is 0 Å². The average molecular weight is 273 g/mol. The first kappa shape index (κ1) is 13.9. The number of hydrogen-bond acceptors (Lipinski definition) is 2. The lowest BCUT2D eigenvalue weighted by Gasteiger charge is -2.34. The van der Waals surface area contributed by atoms with Crippen LogP contribution in [0.25, 0.3) is 0 Å². The molecule has 4 heteroatoms. The normalized spacial score (nSPS) is 24.9. The molecule has 0 bridgehead atoms. The molecular weight excluding hydrogens is 252 g/mol. The first-order chi connectivity index (χ1) is 8.61. The molecule has 1 aromatic heterocycles. The van der Waals surface area contributed by atoms with Crippen LogP contribution in [0.4, 0.5) is 8.78 Å². The summed E-state index contributed by atoms with van der Waals surface area (Å²) in [6.07, 6.45) is 3.66. The van der Waals surface area contributed by atoms with Crippen molar-refractivity contribution in [3.05, 3.63) is 22.4 Å². The molecule has 2 atom stereocenters. The molecule has 102 valence electrons. The Bertz CT molecular complexity index is 351. The van der Waals surface area contributed by atoms with Crippen molar-refractivity contribution in [2.24, 2.45) is 5.92 Å². The number of hydrogen-bond donors (Lipinski definition) is 1. The van der Waals surface area contributed by atoms with Gasteiger partial charge < -0.3 is 5.32 Å². The van der Waals surface area contributed by atoms with Gasteiger partial charge in [-0.05, 0) is 61.0 Å². The molecule has 1 saturated carbocycles. The zero-order chi connectivity index (χ0) is 13.0. The third-order valence-corrected chi connectivity index (χ3v) is 4.67. The summed E-state index contributed by atoms with van der Waals surface area (Å²) in [5.41, 5.74) is 1.32. The van der Waals surface area contributed by atoms with Crippen LogP contribution in [0.5, 0.6) is 0 Å². The van der Waals surface area contributed by atoms with Crippen LogP contribution >= 0.6 is 11.3 Å². The van der Waals surface area contributed by atoms with Crippen LogP contribution in [-0.4, -0.2) is 19.0 Å². The number of thiophene rings is 1. The van der Waals surface area contributed by atoms with Crippen molar-refractivity contribution >= 4 is 11.3 Å². The molecule has 1 aromatic rings. The lowest BCUT2D eigenvalue weighted by molar-refractivity contribution is -0.0581. The van der Waals surface area contributed by atoms with E-state index in [2.05, 4.69) is 22.1 Å². The van der Waals surface area contributed by atoms with Crippen LogP contribution in [0.2, 0.25) is 0 Å². The van der Waals surface area contributed by atoms with Crippen molar-refractivity contribution in [3.8, 4) is 0 Å². The van der Waals surface area contributed by atoms with Gasteiger partial charge in [-0.25, -0.2) is 8.78 Å². The minimum absolute atomic E-state index is 0.0577. The summed E-state index contributed by atoms with van der Waals surface area (Å²) in [5, 5.41) is 7.45. The van der Waals surface area contributed by atoms with Gasteiger partial charge in [-0.3, -0.25) is 0 Å². The van der Waals surface area contributed by atoms with Crippen molar-refractivity contribution in [2.45, 2.75) is 50.5 Å². The Morgan fingerprint density at radius 2 is 2.39 bits per heavy atom. The van der Waals surface area contributed by atoms with Gasteiger partial charge in [-0.2, -0.15) is 11.3 Å². The van der Waals surface area contributed by atoms with E-state index in [0.717, 1.165) is 19.3 Å². The largest absolute Gasteiger partial charge is 0.317 e. The smallest absolute Gasteiger partial charge is 0.248 e. The topological polar surface area (TPSA) is 12.0 Å². The van der Waals surface area contributed by atoms with Gasteiger partial charge in [0.15, 0.2) is 0 Å². The molecule has 0 aromatic carbocycles. The summed E-state index contributed by atoms with van der Waals surface area (Å²) in [6.45, 7) is 0. The second-order valence-corrected chi connectivity index (χ2v) is 6.06. The zero-order valence-electron chi connectivity index (χ0n) is 10.8. The van der Waals surface area contributed by atoms with E-state index in [-0.39, 0.29) is 24.8 Å². The number of nitrogens with one attached hydrogen (secondary N) is 1. The molecule has 0 aliphatic heterocycles. The first-order valence-corrected chi connectivity index (χ1v) is 7.61. The number of alkyl halides is 2. The Morgan fingerprint density at radius 3 is 3.00 bits per heavy atom. The molecule has 0 spiro atoms. The van der Waals surface area contributed by atoms with Gasteiger partial charge in [0.2, 0.25) is 5.92 Å². The molecule has 1 heterocycles. The maximum absolute atomic E-state index is 13.4. The van der Waals surface area contributed by atoms with E-state index >= 15 is 0 Å². The first-order valence-electron chi connectivity index (χ1n) is 6.67. The van der Waals surface area contributed by atoms with Gasteiger partial charge in [0, 0.05) is 18.9 Å². The van der Waals surface area contributed by atoms with Gasteiger partial charge >= 0.3 is 0 Å². The maximum atomic E-state index is 13.4. The van der Waals surface area contributed by atoms with Crippen molar-refractivity contribution in [1.29, 1.82) is 0 Å². The van der Waals surface area contributed by atoms with Crippen LogP contribution < -0.4 is 5.32 Å². The summed E-state index contributed by atoms with van der Waals surface area (Å²) in [4.78, 5) is 0. The third kappa shape index (κ3) is 3.75. The molecule has 1 aliphatic rings. The summed E-state index contributed by atoms with van der Waals surface area (Å²) < 4.78 is 26.9. The van der Waals surface area contributed by atoms with E-state index in [1.54, 1.807) is 11.3 Å². The Hall–Kier alpha value is -0.480. The quantitative estimate of drug-likeness (QED) is 0.852. The fourth-order valence-corrected chi connectivity index (χ4v) is 3.63. The van der Waals surface area contributed by atoms with Crippen LogP contribution in [0.3, 0.4) is 0 Å². The molecule has 1 nitrogen and oxygen atoms in total. The van der Waals surface area contributed by atoms with Crippen molar-refractivity contribution in [3.63, 3.8) is 0 Å². The lowest BCUT2D eigenvalue weighted by atomic mass is 9.80. The van der Waals surface area contributed by atoms with Crippen molar-refractivity contribution in [2.75, 3.05) is 7.05 Å². The van der Waals surface area contributed by atoms with Crippen LogP contribution in [-0.2, 0) is 6.42 Å². The summed E-state index contributed by atoms with van der Waals surface area (Å²) in [5.74, 6) is -2.32. The monoisotopic (exact) mass is 273 g/mol. The highest BCUT2D eigenvalue weighted by atomic mass is 32.1. The van der Waals surface area contributed by atoms with Crippen molar-refractivity contribution in [1.82, 2.24) is 5.32 Å². The van der Waals surface area contributed by atoms with Crippen LogP contribution in [0, 0.1) is 5.92 Å². The van der Waals surface area contributed by atoms with E-state index in [4.69, 9.17) is 0 Å². The standard InChI is InChI=1S/C14H21F2NS/c1-17-13(5-4-11-6-8-18-10-11)12-3-2-7-14(15,16)9-12/h6,8,10,12-13,17H,2-5,7,9H2,1H3. The second kappa shape index (κ2) is 6.11. The highest BCUT2D eigenvalue weighted by Gasteiger charge is 2.38. The van der Waals surface area contributed by atoms with Crippen LogP contribution in [0.15, 0.2) is 16.8 Å². The molecule has 2 rings (SSSR count). The van der Waals surface area contributed by atoms with E-state index in [1.807, 2.05) is 7.05 Å². The van der Waals surface area contributed by atoms with Gasteiger partial charge in [0.05, 0.1) is 0 Å². The van der Waals surface area contributed by atoms with Gasteiger partial charge in [0.25, 0.3) is 0 Å². The Morgan fingerprint density at radius 1 is 1.56 bits per heavy atom. The number of halogens is 2. The van der Waals surface area contributed by atoms with Crippen molar-refractivity contribution < 1.29 is 8.78 Å². The lowest BCUT2D eigenvalue weighted by Crippen LogP contribution is -2.40. The fourth-order valence-electron chi connectivity index (χ4n) is 2.93. The predicted octanol–water partition coefficient (Wildman–Crippen LogP) is 4.09. The van der Waals surface area contributed by atoms with E-state index in [0.29, 0.717) is 6.42 Å². The highest BCUT2D eigenvalue weighted by Crippen LogP contribution is 2.38. The molecule has 0 saturated heterocycles. The third-order valence-electron chi connectivity index (χ3n) is 3.94. The molecule has 1 aliphatic carbocycles. The molecular formula is C14H21F2NS. The number of aryl methyl sites for hydroxylation is 1. The molecule has 18 heavy (non-hydrogen) atoms. The summed E-state index contributed by atoms with van der Waals surface area (Å²) >= 11 is 1.69. The Balaban J connectivity index is 1.87. The van der Waals surface area contributed by atoms with Crippen LogP contribution in [0.1, 0.15) is 37.7 Å². The maximum Gasteiger partial charge on any atom is 0.248 e. The Labute approximate surface area is 112 Å². The molecule has 1 N–H and O–H groups in total. The minimum Gasteiger partial charge on any atom is -0.317 e. The SMILES string of the molecule is CNC(CCc1ccsc1)C1CCCC(F)(F)C1. The van der Waals surface area contributed by atoms with E-state index in [1.165, 1.54) is 5.56 Å². The summed E-state index contributed by atoms with van der Waals surface area (Å²) in [7, 11) is 1.89. The zero-order valence-corrected chi connectivity index (χ0v) is 11.6. The fraction of sp³-hybridized carbons (Fsp3) is 0.714. The molecule has 2 unspecified atom stereocenters. The molecule has 1 fully saturated rings. The van der Waals surface area contributed by atoms with E-state index < -0.39 is 5.92 Å². The number of rotatable bonds is 5. The highest BCUT2D eigenvalue weighted by molar-refractivity contribution is 7.07. The minimum atomic E-state index is -2.44. The predicted molar refractivity (Wildman–Crippen MR) is 72.4 cm³/mol.